The predicted molar refractivity (Wildman–Crippen MR) is 187 cm³/mol. The molecule has 2 heterocycles. The number of aliphatic hydroxyl groups excluding tert-OH is 1. The van der Waals surface area contributed by atoms with Crippen molar-refractivity contribution < 1.29 is 19.4 Å². The Morgan fingerprint density at radius 3 is 2.43 bits per heavy atom. The van der Waals surface area contributed by atoms with Crippen LogP contribution in [0.5, 0.6) is 5.75 Å². The van der Waals surface area contributed by atoms with E-state index in [4.69, 9.17) is 27.9 Å². The van der Waals surface area contributed by atoms with Gasteiger partial charge in [-0.1, -0.05) is 105 Å². The Balaban J connectivity index is 1.29. The third-order valence-electron chi connectivity index (χ3n) is 7.38. The number of nitrogens with zero attached hydrogens (tertiary/aromatic N) is 3. The number of carbonyl (C=O) groups excluding carboxylic acids is 2. The SMILES string of the molecule is Cc1ccccc1COc1ccc(/C(O)=C2\C(=O)C(=O)N(c3nnc(SCc4ccc(Cl)cc4Cl)s3)C2c2ccc(Br)cc2)cc1. The lowest BCUT2D eigenvalue weighted by molar-refractivity contribution is -0.132. The van der Waals surface area contributed by atoms with Crippen molar-refractivity contribution in [3.05, 3.63) is 139 Å². The minimum atomic E-state index is -0.929. The Morgan fingerprint density at radius 2 is 1.72 bits per heavy atom. The van der Waals surface area contributed by atoms with E-state index >= 15 is 0 Å². The van der Waals surface area contributed by atoms with Gasteiger partial charge in [0.1, 0.15) is 18.1 Å². The fraction of sp³-hybridized carbons (Fsp3) is 0.118. The van der Waals surface area contributed by atoms with Crippen LogP contribution in [0.25, 0.3) is 5.76 Å². The fourth-order valence-electron chi connectivity index (χ4n) is 4.92. The zero-order valence-electron chi connectivity index (χ0n) is 24.1. The average Bonchev–Trinajstić information content (AvgIpc) is 3.62. The number of Topliss-reactive ketones (excluding diaryl/α,β-unsaturated/α-hetero) is 1. The van der Waals surface area contributed by atoms with Crippen molar-refractivity contribution in [2.45, 2.75) is 29.7 Å². The van der Waals surface area contributed by atoms with Crippen LogP contribution in [0.2, 0.25) is 10.0 Å². The Labute approximate surface area is 292 Å². The van der Waals surface area contributed by atoms with Gasteiger partial charge >= 0.3 is 5.91 Å². The monoisotopic (exact) mass is 751 g/mol. The second-order valence-corrected chi connectivity index (χ2v) is 14.3. The third kappa shape index (κ3) is 6.86. The number of halogens is 3. The third-order valence-corrected chi connectivity index (χ3v) is 10.6. The van der Waals surface area contributed by atoms with Crippen LogP contribution in [-0.4, -0.2) is 27.0 Å². The minimum absolute atomic E-state index is 0.0433. The highest BCUT2D eigenvalue weighted by atomic mass is 79.9. The first-order valence-electron chi connectivity index (χ1n) is 13.9. The van der Waals surface area contributed by atoms with Crippen molar-refractivity contribution in [3.8, 4) is 5.75 Å². The van der Waals surface area contributed by atoms with Crippen molar-refractivity contribution in [2.75, 3.05) is 4.90 Å². The van der Waals surface area contributed by atoms with Gasteiger partial charge in [-0.3, -0.25) is 14.5 Å². The molecule has 232 valence electrons. The smallest absolute Gasteiger partial charge is 0.301 e. The standard InChI is InChI=1S/C34H24BrCl2N3O4S2/c1-19-4-2-3-5-22(19)17-44-26-14-9-21(10-15-26)30(41)28-29(20-6-11-24(35)12-7-20)40(32(43)31(28)42)33-38-39-34(46-33)45-18-23-8-13-25(36)16-27(23)37/h2-16,29,41H,17-18H2,1H3/b30-28+. The van der Waals surface area contributed by atoms with Crippen molar-refractivity contribution in [3.63, 3.8) is 0 Å². The van der Waals surface area contributed by atoms with Gasteiger partial charge in [-0.05, 0) is 77.7 Å². The molecule has 1 aromatic heterocycles. The summed E-state index contributed by atoms with van der Waals surface area (Å²) in [4.78, 5) is 28.5. The van der Waals surface area contributed by atoms with Crippen molar-refractivity contribution >= 4 is 84.8 Å². The molecule has 46 heavy (non-hydrogen) atoms. The summed E-state index contributed by atoms with van der Waals surface area (Å²) >= 11 is 18.4. The van der Waals surface area contributed by atoms with Gasteiger partial charge < -0.3 is 9.84 Å². The van der Waals surface area contributed by atoms with E-state index < -0.39 is 17.7 Å². The molecule has 1 N–H and O–H groups in total. The lowest BCUT2D eigenvalue weighted by atomic mass is 9.95. The molecule has 1 saturated heterocycles. The van der Waals surface area contributed by atoms with Crippen LogP contribution in [0.1, 0.15) is 33.9 Å². The quantitative estimate of drug-likeness (QED) is 0.0527. The average molecular weight is 754 g/mol. The summed E-state index contributed by atoms with van der Waals surface area (Å²) < 4.78 is 7.36. The van der Waals surface area contributed by atoms with E-state index in [0.29, 0.717) is 43.6 Å². The molecule has 7 nitrogen and oxygen atoms in total. The number of aryl methyl sites for hydroxylation is 1. The molecule has 5 aromatic rings. The van der Waals surface area contributed by atoms with Crippen LogP contribution < -0.4 is 9.64 Å². The molecule has 1 fully saturated rings. The van der Waals surface area contributed by atoms with Gasteiger partial charge in [0.15, 0.2) is 4.34 Å². The molecule has 6 rings (SSSR count). The number of carbonyl (C=O) groups is 2. The van der Waals surface area contributed by atoms with Gasteiger partial charge in [0.25, 0.3) is 5.78 Å². The number of benzene rings is 4. The van der Waals surface area contributed by atoms with Crippen molar-refractivity contribution in [2.24, 2.45) is 0 Å². The van der Waals surface area contributed by atoms with Crippen LogP contribution in [-0.2, 0) is 21.9 Å². The summed E-state index contributed by atoms with van der Waals surface area (Å²) in [5, 5.41) is 21.4. The topological polar surface area (TPSA) is 92.6 Å². The fourth-order valence-corrected chi connectivity index (χ4v) is 7.61. The van der Waals surface area contributed by atoms with Crippen LogP contribution in [0.4, 0.5) is 5.13 Å². The maximum atomic E-state index is 13.6. The van der Waals surface area contributed by atoms with E-state index in [1.165, 1.54) is 28.0 Å². The summed E-state index contributed by atoms with van der Waals surface area (Å²) in [7, 11) is 0. The maximum Gasteiger partial charge on any atom is 0.301 e. The van der Waals surface area contributed by atoms with Crippen molar-refractivity contribution in [1.29, 1.82) is 0 Å². The van der Waals surface area contributed by atoms with E-state index in [9.17, 15) is 14.7 Å². The summed E-state index contributed by atoms with van der Waals surface area (Å²) in [6.45, 7) is 2.41. The van der Waals surface area contributed by atoms with Gasteiger partial charge in [-0.25, -0.2) is 0 Å². The van der Waals surface area contributed by atoms with Crippen LogP contribution in [0.15, 0.2) is 105 Å². The Kier molecular flexibility index (Phi) is 9.81. The van der Waals surface area contributed by atoms with Crippen molar-refractivity contribution in [1.82, 2.24) is 10.2 Å². The van der Waals surface area contributed by atoms with E-state index in [-0.39, 0.29) is 16.5 Å². The highest BCUT2D eigenvalue weighted by Gasteiger charge is 2.48. The zero-order chi connectivity index (χ0) is 32.4. The lowest BCUT2D eigenvalue weighted by Gasteiger charge is -2.22. The van der Waals surface area contributed by atoms with Gasteiger partial charge in [-0.15, -0.1) is 10.2 Å². The molecule has 0 aliphatic carbocycles. The van der Waals surface area contributed by atoms with Crippen LogP contribution >= 0.6 is 62.2 Å². The summed E-state index contributed by atoms with van der Waals surface area (Å²) in [6.07, 6.45) is 0. The van der Waals surface area contributed by atoms with E-state index in [2.05, 4.69) is 26.1 Å². The van der Waals surface area contributed by atoms with E-state index in [0.717, 1.165) is 21.2 Å². The molecule has 0 saturated carbocycles. The van der Waals surface area contributed by atoms with Gasteiger partial charge in [0.2, 0.25) is 5.13 Å². The highest BCUT2D eigenvalue weighted by Crippen LogP contribution is 2.44. The normalized spacial score (nSPS) is 15.8. The lowest BCUT2D eigenvalue weighted by Crippen LogP contribution is -2.29. The number of hydrogen-bond donors (Lipinski definition) is 1. The Morgan fingerprint density at radius 1 is 0.978 bits per heavy atom. The molecule has 0 bridgehead atoms. The number of aromatic nitrogens is 2. The molecule has 1 aliphatic rings. The molecule has 1 amide bonds. The summed E-state index contributed by atoms with van der Waals surface area (Å²) in [6, 6.07) is 26.3. The molecular formula is C34H24BrCl2N3O4S2. The number of anilines is 1. The number of aliphatic hydroxyl groups is 1. The number of ether oxygens (including phenoxy) is 1. The molecule has 1 aliphatic heterocycles. The summed E-state index contributed by atoms with van der Waals surface area (Å²) in [5.74, 6) is -0.812. The number of ketones is 1. The first-order valence-corrected chi connectivity index (χ1v) is 17.3. The first kappa shape index (κ1) is 32.3. The maximum absolute atomic E-state index is 13.6. The second kappa shape index (κ2) is 14.0. The number of hydrogen-bond acceptors (Lipinski definition) is 8. The van der Waals surface area contributed by atoms with Gasteiger partial charge in [-0.2, -0.15) is 0 Å². The first-order chi connectivity index (χ1) is 22.2. The molecule has 0 spiro atoms. The molecule has 4 aromatic carbocycles. The molecular weight excluding hydrogens is 729 g/mol. The predicted octanol–water partition coefficient (Wildman–Crippen LogP) is 9.41. The van der Waals surface area contributed by atoms with Gasteiger partial charge in [0, 0.05) is 25.8 Å². The highest BCUT2D eigenvalue weighted by molar-refractivity contribution is 9.10. The number of rotatable bonds is 9. The zero-order valence-corrected chi connectivity index (χ0v) is 28.8. The second-order valence-electron chi connectivity index (χ2n) is 10.3. The number of thioether (sulfide) groups is 1. The van der Waals surface area contributed by atoms with E-state index in [1.54, 1.807) is 48.5 Å². The van der Waals surface area contributed by atoms with Crippen LogP contribution in [0, 0.1) is 6.92 Å². The molecule has 1 unspecified atom stereocenters. The Hall–Kier alpha value is -3.67. The number of amides is 1. The van der Waals surface area contributed by atoms with Crippen LogP contribution in [0.3, 0.4) is 0 Å². The molecule has 0 radical (unpaired) electrons. The molecule has 1 atom stereocenters. The summed E-state index contributed by atoms with van der Waals surface area (Å²) in [5.41, 5.74) is 4.02. The Bertz CT molecular complexity index is 1970. The minimum Gasteiger partial charge on any atom is -0.507 e. The van der Waals surface area contributed by atoms with Gasteiger partial charge in [0.05, 0.1) is 11.6 Å². The van der Waals surface area contributed by atoms with E-state index in [1.807, 2.05) is 49.4 Å². The largest absolute Gasteiger partial charge is 0.507 e. The molecule has 12 heteroatoms.